The highest BCUT2D eigenvalue weighted by atomic mass is 16.1. The van der Waals surface area contributed by atoms with Crippen molar-refractivity contribution in [3.8, 4) is 0 Å². The molecule has 0 aromatic heterocycles. The molecule has 0 radical (unpaired) electrons. The van der Waals surface area contributed by atoms with E-state index in [2.05, 4.69) is 31.2 Å². The van der Waals surface area contributed by atoms with Gasteiger partial charge in [-0.3, -0.25) is 4.79 Å². The molecule has 0 aliphatic heterocycles. The molecule has 4 heteroatoms. The zero-order valence-electron chi connectivity index (χ0n) is 13.6. The van der Waals surface area contributed by atoms with E-state index in [-0.39, 0.29) is 11.4 Å². The average Bonchev–Trinajstić information content (AvgIpc) is 2.44. The van der Waals surface area contributed by atoms with Crippen molar-refractivity contribution in [1.29, 1.82) is 0 Å². The largest absolute Gasteiger partial charge is 0.354 e. The number of likely N-dealkylation sites (N-methyl/N-ethyl adjacent to an activating group) is 1. The lowest BCUT2D eigenvalue weighted by Gasteiger charge is -2.43. The fraction of sp³-hybridized carbons (Fsp3) is 0.938. The maximum absolute atomic E-state index is 12.0. The Balaban J connectivity index is 2.34. The fourth-order valence-electron chi connectivity index (χ4n) is 3.15. The number of carbonyl (C=O) groups excluding carboxylic acids is 1. The molecule has 20 heavy (non-hydrogen) atoms. The Hall–Kier alpha value is -0.610. The number of rotatable bonds is 8. The molecule has 0 spiro atoms. The molecular formula is C16H33N3O. The van der Waals surface area contributed by atoms with Crippen molar-refractivity contribution >= 4 is 5.91 Å². The predicted molar refractivity (Wildman–Crippen MR) is 84.6 cm³/mol. The smallest absolute Gasteiger partial charge is 0.220 e. The maximum Gasteiger partial charge on any atom is 0.220 e. The Morgan fingerprint density at radius 3 is 2.45 bits per heavy atom. The van der Waals surface area contributed by atoms with Crippen LogP contribution in [-0.2, 0) is 4.79 Å². The molecule has 118 valence electrons. The number of nitrogens with two attached hydrogens (primary N) is 1. The first-order chi connectivity index (χ1) is 9.50. The van der Waals surface area contributed by atoms with E-state index in [1.54, 1.807) is 0 Å². The standard InChI is InChI=1S/C16H33N3O/c1-14(9-12-17)7-8-15(20)18-13-16(19(2)3)10-5-4-6-11-16/h14H,4-13,17H2,1-3H3,(H,18,20). The third-order valence-corrected chi connectivity index (χ3v) is 4.87. The predicted octanol–water partition coefficient (Wildman–Crippen LogP) is 2.13. The third kappa shape index (κ3) is 5.41. The summed E-state index contributed by atoms with van der Waals surface area (Å²) < 4.78 is 0. The van der Waals surface area contributed by atoms with Gasteiger partial charge in [0.2, 0.25) is 5.91 Å². The van der Waals surface area contributed by atoms with Gasteiger partial charge in [0.25, 0.3) is 0 Å². The van der Waals surface area contributed by atoms with E-state index in [4.69, 9.17) is 5.73 Å². The van der Waals surface area contributed by atoms with Crippen LogP contribution in [0.5, 0.6) is 0 Å². The summed E-state index contributed by atoms with van der Waals surface area (Å²) in [4.78, 5) is 14.3. The maximum atomic E-state index is 12.0. The zero-order valence-corrected chi connectivity index (χ0v) is 13.6. The summed E-state index contributed by atoms with van der Waals surface area (Å²) in [5, 5.41) is 3.16. The van der Waals surface area contributed by atoms with E-state index < -0.39 is 0 Å². The Labute approximate surface area is 124 Å². The van der Waals surface area contributed by atoms with Gasteiger partial charge in [0.15, 0.2) is 0 Å². The summed E-state index contributed by atoms with van der Waals surface area (Å²) in [6.45, 7) is 3.68. The van der Waals surface area contributed by atoms with Gasteiger partial charge in [-0.1, -0.05) is 26.2 Å². The monoisotopic (exact) mass is 283 g/mol. The topological polar surface area (TPSA) is 58.4 Å². The summed E-state index contributed by atoms with van der Waals surface area (Å²) in [5.74, 6) is 0.740. The fourth-order valence-corrected chi connectivity index (χ4v) is 3.15. The molecular weight excluding hydrogens is 250 g/mol. The second-order valence-electron chi connectivity index (χ2n) is 6.68. The Bertz CT molecular complexity index is 285. The minimum Gasteiger partial charge on any atom is -0.354 e. The van der Waals surface area contributed by atoms with Crippen LogP contribution in [0.25, 0.3) is 0 Å². The van der Waals surface area contributed by atoms with Crippen molar-refractivity contribution in [1.82, 2.24) is 10.2 Å². The summed E-state index contributed by atoms with van der Waals surface area (Å²) in [5.41, 5.74) is 5.71. The Kier molecular flexibility index (Phi) is 7.52. The number of amides is 1. The van der Waals surface area contributed by atoms with Crippen molar-refractivity contribution in [3.63, 3.8) is 0 Å². The van der Waals surface area contributed by atoms with Gasteiger partial charge >= 0.3 is 0 Å². The number of nitrogens with one attached hydrogen (secondary N) is 1. The van der Waals surface area contributed by atoms with Gasteiger partial charge in [-0.25, -0.2) is 0 Å². The van der Waals surface area contributed by atoms with Crippen LogP contribution in [0.1, 0.15) is 58.3 Å². The summed E-state index contributed by atoms with van der Waals surface area (Å²) in [6, 6.07) is 0. The van der Waals surface area contributed by atoms with Gasteiger partial charge in [0.1, 0.15) is 0 Å². The molecule has 1 rings (SSSR count). The summed E-state index contributed by atoms with van der Waals surface area (Å²) >= 11 is 0. The Morgan fingerprint density at radius 1 is 1.25 bits per heavy atom. The lowest BCUT2D eigenvalue weighted by atomic mass is 9.80. The van der Waals surface area contributed by atoms with E-state index in [9.17, 15) is 4.79 Å². The molecule has 1 aliphatic carbocycles. The van der Waals surface area contributed by atoms with E-state index in [0.29, 0.717) is 18.9 Å². The molecule has 0 aromatic carbocycles. The van der Waals surface area contributed by atoms with Crippen LogP contribution in [-0.4, -0.2) is 43.5 Å². The lowest BCUT2D eigenvalue weighted by Crippen LogP contribution is -2.53. The van der Waals surface area contributed by atoms with Crippen molar-refractivity contribution in [3.05, 3.63) is 0 Å². The number of hydrogen-bond donors (Lipinski definition) is 2. The van der Waals surface area contributed by atoms with Crippen LogP contribution in [0.15, 0.2) is 0 Å². The van der Waals surface area contributed by atoms with Crippen LogP contribution in [0.2, 0.25) is 0 Å². The van der Waals surface area contributed by atoms with Gasteiger partial charge < -0.3 is 16.0 Å². The molecule has 0 bridgehead atoms. The van der Waals surface area contributed by atoms with Crippen LogP contribution in [0.3, 0.4) is 0 Å². The van der Waals surface area contributed by atoms with Crippen LogP contribution in [0.4, 0.5) is 0 Å². The molecule has 1 unspecified atom stereocenters. The third-order valence-electron chi connectivity index (χ3n) is 4.87. The van der Waals surface area contributed by atoms with Gasteiger partial charge in [-0.2, -0.15) is 0 Å². The van der Waals surface area contributed by atoms with Crippen molar-refractivity contribution in [2.45, 2.75) is 63.8 Å². The van der Waals surface area contributed by atoms with E-state index in [0.717, 1.165) is 19.4 Å². The van der Waals surface area contributed by atoms with Crippen molar-refractivity contribution in [2.75, 3.05) is 27.2 Å². The first kappa shape index (κ1) is 17.4. The minimum atomic E-state index is 0.177. The molecule has 1 atom stereocenters. The highest BCUT2D eigenvalue weighted by molar-refractivity contribution is 5.75. The molecule has 1 aliphatic rings. The molecule has 1 saturated carbocycles. The van der Waals surface area contributed by atoms with Crippen molar-refractivity contribution < 1.29 is 4.79 Å². The average molecular weight is 283 g/mol. The van der Waals surface area contributed by atoms with Crippen LogP contribution >= 0.6 is 0 Å². The molecule has 0 saturated heterocycles. The number of hydrogen-bond acceptors (Lipinski definition) is 3. The van der Waals surface area contributed by atoms with Crippen LogP contribution < -0.4 is 11.1 Å². The summed E-state index contributed by atoms with van der Waals surface area (Å²) in [6.07, 6.45) is 8.87. The normalized spacial score (nSPS) is 19.9. The van der Waals surface area contributed by atoms with Gasteiger partial charge in [-0.05, 0) is 52.2 Å². The SMILES string of the molecule is CC(CCN)CCC(=O)NCC1(N(C)C)CCCCC1. The van der Waals surface area contributed by atoms with E-state index in [1.807, 2.05) is 0 Å². The highest BCUT2D eigenvalue weighted by Crippen LogP contribution is 2.31. The quantitative estimate of drug-likeness (QED) is 0.717. The minimum absolute atomic E-state index is 0.177. The van der Waals surface area contributed by atoms with E-state index in [1.165, 1.54) is 32.1 Å². The molecule has 4 nitrogen and oxygen atoms in total. The Morgan fingerprint density at radius 2 is 1.90 bits per heavy atom. The summed E-state index contributed by atoms with van der Waals surface area (Å²) in [7, 11) is 4.28. The van der Waals surface area contributed by atoms with Gasteiger partial charge in [0, 0.05) is 18.5 Å². The zero-order chi connectivity index (χ0) is 15.0. The van der Waals surface area contributed by atoms with Crippen LogP contribution in [0, 0.1) is 5.92 Å². The molecule has 1 amide bonds. The first-order valence-electron chi connectivity index (χ1n) is 8.14. The molecule has 0 heterocycles. The second kappa shape index (κ2) is 8.63. The highest BCUT2D eigenvalue weighted by Gasteiger charge is 2.34. The van der Waals surface area contributed by atoms with Crippen molar-refractivity contribution in [2.24, 2.45) is 11.7 Å². The van der Waals surface area contributed by atoms with E-state index >= 15 is 0 Å². The van der Waals surface area contributed by atoms with Gasteiger partial charge in [-0.15, -0.1) is 0 Å². The molecule has 3 N–H and O–H groups in total. The second-order valence-corrected chi connectivity index (χ2v) is 6.68. The molecule has 0 aromatic rings. The van der Waals surface area contributed by atoms with Gasteiger partial charge in [0.05, 0.1) is 0 Å². The lowest BCUT2D eigenvalue weighted by molar-refractivity contribution is -0.122. The number of carbonyl (C=O) groups is 1. The molecule has 1 fully saturated rings. The number of nitrogens with zero attached hydrogens (tertiary/aromatic N) is 1. The first-order valence-corrected chi connectivity index (χ1v) is 8.14.